The van der Waals surface area contributed by atoms with E-state index in [2.05, 4.69) is 19.2 Å². The molecule has 342 valence electrons. The summed E-state index contributed by atoms with van der Waals surface area (Å²) >= 11 is 0. The Hall–Kier alpha value is -0.890. The minimum Gasteiger partial charge on any atom is -0.441 e. The third kappa shape index (κ3) is 43.0. The molecule has 1 N–H and O–H groups in total. The second-order valence-electron chi connectivity index (χ2n) is 18.5. The Morgan fingerprint density at radius 1 is 0.456 bits per heavy atom. The Morgan fingerprint density at radius 2 is 0.772 bits per heavy atom. The first-order chi connectivity index (χ1) is 27.7. The smallest absolute Gasteiger partial charge is 0.407 e. The fraction of sp³-hybridized carbons (Fsp3) is 0.980. The van der Waals surface area contributed by atoms with Crippen LogP contribution in [0.25, 0.3) is 0 Å². The fourth-order valence-corrected chi connectivity index (χ4v) is 7.25. The van der Waals surface area contributed by atoms with Crippen LogP contribution in [0.15, 0.2) is 0 Å². The topological polar surface area (TPSA) is 75.3 Å². The van der Waals surface area contributed by atoms with Gasteiger partial charge in [0, 0.05) is 26.9 Å². The van der Waals surface area contributed by atoms with Crippen molar-refractivity contribution in [1.29, 1.82) is 0 Å². The zero-order chi connectivity index (χ0) is 42.0. The Kier molecular flexibility index (Phi) is 41.2. The molecule has 0 fully saturated rings. The third-order valence-electron chi connectivity index (χ3n) is 11.6. The van der Waals surface area contributed by atoms with Gasteiger partial charge < -0.3 is 29.0 Å². The van der Waals surface area contributed by atoms with Crippen LogP contribution in [0.4, 0.5) is 4.79 Å². The normalized spacial score (nSPS) is 12.2. The number of alkyl carbamates (subject to hydrolysis) is 1. The molecule has 7 nitrogen and oxygen atoms in total. The summed E-state index contributed by atoms with van der Waals surface area (Å²) in [5.74, 6) is 0. The van der Waals surface area contributed by atoms with Gasteiger partial charge in [0.25, 0.3) is 0 Å². The van der Waals surface area contributed by atoms with Crippen molar-refractivity contribution in [2.24, 2.45) is 0 Å². The SMILES string of the molecule is CCCCCCCCCCCCCCCCCCOCC(COCCCCCCCCCCCCCCCCCC)OC(=O)NCC(C)(C)OCCC(C)(C)OC. The monoisotopic (exact) mass is 812 g/mol. The number of carbonyl (C=O) groups excluding carboxylic acids is 1. The maximum atomic E-state index is 12.8. The van der Waals surface area contributed by atoms with Crippen molar-refractivity contribution in [3.8, 4) is 0 Å². The lowest BCUT2D eigenvalue weighted by molar-refractivity contribution is -0.0589. The number of nitrogens with one attached hydrogen (secondary N) is 1. The molecular formula is C50H101NO6. The predicted molar refractivity (Wildman–Crippen MR) is 245 cm³/mol. The van der Waals surface area contributed by atoms with Crippen LogP contribution in [-0.2, 0) is 23.7 Å². The minimum atomic E-state index is -0.522. The summed E-state index contributed by atoms with van der Waals surface area (Å²) in [7, 11) is 1.72. The van der Waals surface area contributed by atoms with E-state index in [1.54, 1.807) is 7.11 Å². The highest BCUT2D eigenvalue weighted by Crippen LogP contribution is 2.18. The van der Waals surface area contributed by atoms with Gasteiger partial charge >= 0.3 is 6.09 Å². The molecule has 0 aliphatic heterocycles. The van der Waals surface area contributed by atoms with Crippen LogP contribution in [-0.4, -0.2) is 70.1 Å². The van der Waals surface area contributed by atoms with Crippen LogP contribution in [0, 0.1) is 0 Å². The molecule has 57 heavy (non-hydrogen) atoms. The van der Waals surface area contributed by atoms with E-state index in [0.29, 0.717) is 39.6 Å². The Labute approximate surface area is 356 Å². The minimum absolute atomic E-state index is 0.242. The first-order valence-electron chi connectivity index (χ1n) is 24.9. The average Bonchev–Trinajstić information content (AvgIpc) is 3.18. The largest absolute Gasteiger partial charge is 0.441 e. The molecule has 0 atom stereocenters. The van der Waals surface area contributed by atoms with Gasteiger partial charge in [-0.1, -0.05) is 206 Å². The Balaban J connectivity index is 4.22. The zero-order valence-corrected chi connectivity index (χ0v) is 39.6. The van der Waals surface area contributed by atoms with Crippen molar-refractivity contribution in [1.82, 2.24) is 5.32 Å². The summed E-state index contributed by atoms with van der Waals surface area (Å²) in [6, 6.07) is 0. The zero-order valence-electron chi connectivity index (χ0n) is 39.6. The van der Waals surface area contributed by atoms with E-state index in [4.69, 9.17) is 23.7 Å². The van der Waals surface area contributed by atoms with E-state index >= 15 is 0 Å². The van der Waals surface area contributed by atoms with Crippen LogP contribution >= 0.6 is 0 Å². The van der Waals surface area contributed by atoms with Crippen molar-refractivity contribution in [2.45, 2.75) is 271 Å². The lowest BCUT2D eigenvalue weighted by Crippen LogP contribution is -2.43. The van der Waals surface area contributed by atoms with Crippen molar-refractivity contribution < 1.29 is 28.5 Å². The summed E-state index contributed by atoms with van der Waals surface area (Å²) in [5.41, 5.74) is -0.764. The molecule has 0 aromatic rings. The molecule has 0 aromatic heterocycles. The molecule has 7 heteroatoms. The van der Waals surface area contributed by atoms with Crippen LogP contribution in [0.5, 0.6) is 0 Å². The van der Waals surface area contributed by atoms with E-state index in [1.165, 1.54) is 193 Å². The quantitative estimate of drug-likeness (QED) is 0.0617. The van der Waals surface area contributed by atoms with E-state index in [0.717, 1.165) is 19.3 Å². The molecule has 1 amide bonds. The van der Waals surface area contributed by atoms with Gasteiger partial charge in [0.05, 0.1) is 31.0 Å². The van der Waals surface area contributed by atoms with Gasteiger partial charge in [-0.3, -0.25) is 0 Å². The van der Waals surface area contributed by atoms with Gasteiger partial charge in [-0.15, -0.1) is 0 Å². The molecule has 0 saturated carbocycles. The Morgan fingerprint density at radius 3 is 1.09 bits per heavy atom. The molecule has 0 bridgehead atoms. The van der Waals surface area contributed by atoms with Gasteiger partial charge in [0.15, 0.2) is 6.10 Å². The lowest BCUT2D eigenvalue weighted by Gasteiger charge is -2.29. The van der Waals surface area contributed by atoms with E-state index in [1.807, 2.05) is 27.7 Å². The van der Waals surface area contributed by atoms with Crippen LogP contribution in [0.1, 0.15) is 253 Å². The molecule has 0 unspecified atom stereocenters. The standard InChI is InChI=1S/C50H101NO6/c1-8-10-12-14-16-18-20-22-24-26-28-30-32-34-36-38-41-54-44-47(57-48(52)51-46-50(5,6)56-43-40-49(3,4)53-7)45-55-42-39-37-35-33-31-29-27-25-23-21-19-17-15-13-11-9-2/h47H,8-46H2,1-7H3,(H,51,52). The van der Waals surface area contributed by atoms with Gasteiger partial charge in [0.2, 0.25) is 0 Å². The second-order valence-corrected chi connectivity index (χ2v) is 18.5. The average molecular weight is 812 g/mol. The highest BCUT2D eigenvalue weighted by atomic mass is 16.6. The van der Waals surface area contributed by atoms with Gasteiger partial charge in [-0.05, 0) is 47.0 Å². The molecule has 0 heterocycles. The summed E-state index contributed by atoms with van der Waals surface area (Å²) in [6.07, 6.45) is 43.2. The number of ether oxygens (including phenoxy) is 5. The summed E-state index contributed by atoms with van der Waals surface area (Å²) in [5, 5.41) is 2.91. The molecule has 0 rings (SSSR count). The maximum Gasteiger partial charge on any atom is 0.407 e. The van der Waals surface area contributed by atoms with E-state index in [-0.39, 0.29) is 5.60 Å². The number of amides is 1. The number of rotatable bonds is 46. The van der Waals surface area contributed by atoms with E-state index < -0.39 is 17.8 Å². The molecule has 0 aromatic carbocycles. The Bertz CT molecular complexity index is 781. The van der Waals surface area contributed by atoms with Crippen molar-refractivity contribution in [3.63, 3.8) is 0 Å². The fourth-order valence-electron chi connectivity index (χ4n) is 7.25. The molecule has 0 radical (unpaired) electrons. The highest BCUT2D eigenvalue weighted by Gasteiger charge is 2.24. The molecular weight excluding hydrogens is 711 g/mol. The number of carbonyl (C=O) groups is 1. The summed E-state index contributed by atoms with van der Waals surface area (Å²) < 4.78 is 29.4. The van der Waals surface area contributed by atoms with E-state index in [9.17, 15) is 4.79 Å². The van der Waals surface area contributed by atoms with Gasteiger partial charge in [-0.2, -0.15) is 0 Å². The first kappa shape index (κ1) is 56.1. The number of methoxy groups -OCH3 is 1. The molecule has 0 spiro atoms. The first-order valence-corrected chi connectivity index (χ1v) is 24.9. The summed E-state index contributed by atoms with van der Waals surface area (Å²) in [6.45, 7) is 15.6. The molecule has 0 saturated heterocycles. The predicted octanol–water partition coefficient (Wildman–Crippen LogP) is 15.2. The van der Waals surface area contributed by atoms with Crippen molar-refractivity contribution in [3.05, 3.63) is 0 Å². The van der Waals surface area contributed by atoms with Gasteiger partial charge in [-0.25, -0.2) is 4.79 Å². The van der Waals surface area contributed by atoms with Crippen LogP contribution in [0.3, 0.4) is 0 Å². The van der Waals surface area contributed by atoms with Crippen molar-refractivity contribution >= 4 is 6.09 Å². The number of hydrogen-bond acceptors (Lipinski definition) is 6. The molecule has 0 aliphatic carbocycles. The third-order valence-corrected chi connectivity index (χ3v) is 11.6. The number of hydrogen-bond donors (Lipinski definition) is 1. The maximum absolute atomic E-state index is 12.8. The molecule has 0 aliphatic rings. The second kappa shape index (κ2) is 41.8. The van der Waals surface area contributed by atoms with Gasteiger partial charge in [0.1, 0.15) is 0 Å². The van der Waals surface area contributed by atoms with Crippen LogP contribution < -0.4 is 5.32 Å². The van der Waals surface area contributed by atoms with Crippen molar-refractivity contribution in [2.75, 3.05) is 46.7 Å². The summed E-state index contributed by atoms with van der Waals surface area (Å²) in [4.78, 5) is 12.8. The number of unbranched alkanes of at least 4 members (excludes halogenated alkanes) is 30. The highest BCUT2D eigenvalue weighted by molar-refractivity contribution is 5.67. The van der Waals surface area contributed by atoms with Crippen LogP contribution in [0.2, 0.25) is 0 Å². The lowest BCUT2D eigenvalue weighted by atomic mass is 10.0.